The van der Waals surface area contributed by atoms with Crippen LogP contribution in [0.2, 0.25) is 0 Å². The smallest absolute Gasteiger partial charge is 0.229 e. The lowest BCUT2D eigenvalue weighted by Crippen LogP contribution is -2.33. The number of hydrogen-bond donors (Lipinski definition) is 0. The van der Waals surface area contributed by atoms with Gasteiger partial charge in [-0.25, -0.2) is 0 Å². The second kappa shape index (κ2) is 4.58. The molecule has 0 saturated carbocycles. The molecule has 14 heavy (non-hydrogen) atoms. The fourth-order valence-corrected chi connectivity index (χ4v) is 1.53. The zero-order chi connectivity index (χ0) is 10.7. The maximum Gasteiger partial charge on any atom is 0.229 e. The van der Waals surface area contributed by atoms with Gasteiger partial charge in [0.25, 0.3) is 0 Å². The maximum atomic E-state index is 11.7. The van der Waals surface area contributed by atoms with Crippen molar-refractivity contribution in [3.05, 3.63) is 0 Å². The predicted octanol–water partition coefficient (Wildman–Crippen LogP) is 1.82. The Morgan fingerprint density at radius 1 is 1.43 bits per heavy atom. The third kappa shape index (κ3) is 2.56. The summed E-state index contributed by atoms with van der Waals surface area (Å²) in [5, 5.41) is 0. The monoisotopic (exact) mass is 197 g/mol. The first kappa shape index (κ1) is 11.2. The average Bonchev–Trinajstić information content (AvgIpc) is 2.51. The van der Waals surface area contributed by atoms with Gasteiger partial charge in [0, 0.05) is 19.4 Å². The first-order chi connectivity index (χ1) is 6.52. The third-order valence-electron chi connectivity index (χ3n) is 3.01. The van der Waals surface area contributed by atoms with Gasteiger partial charge >= 0.3 is 0 Å². The van der Waals surface area contributed by atoms with Gasteiger partial charge in [-0.1, -0.05) is 20.8 Å². The lowest BCUT2D eigenvalue weighted by atomic mass is 9.94. The molecule has 2 amide bonds. The number of rotatable bonds is 3. The van der Waals surface area contributed by atoms with Crippen molar-refractivity contribution in [2.75, 3.05) is 6.54 Å². The standard InChI is InChI=1S/C11H19NO2/c1-8(2)9(3)7-11(14)12-6-4-5-10(12)13/h8-9H,4-7H2,1-3H3. The molecule has 0 radical (unpaired) electrons. The molecule has 1 aliphatic heterocycles. The van der Waals surface area contributed by atoms with E-state index in [1.807, 2.05) is 0 Å². The molecule has 0 aromatic rings. The van der Waals surface area contributed by atoms with Crippen LogP contribution >= 0.6 is 0 Å². The zero-order valence-electron chi connectivity index (χ0n) is 9.25. The van der Waals surface area contributed by atoms with E-state index in [9.17, 15) is 9.59 Å². The molecule has 0 spiro atoms. The minimum Gasteiger partial charge on any atom is -0.283 e. The van der Waals surface area contributed by atoms with Gasteiger partial charge in [-0.2, -0.15) is 0 Å². The lowest BCUT2D eigenvalue weighted by Gasteiger charge is -2.19. The summed E-state index contributed by atoms with van der Waals surface area (Å²) >= 11 is 0. The minimum atomic E-state index is 0.00551. The summed E-state index contributed by atoms with van der Waals surface area (Å²) in [6, 6.07) is 0. The second-order valence-electron chi connectivity index (χ2n) is 4.47. The van der Waals surface area contributed by atoms with E-state index in [2.05, 4.69) is 20.8 Å². The Kier molecular flexibility index (Phi) is 3.67. The largest absolute Gasteiger partial charge is 0.283 e. The Morgan fingerprint density at radius 2 is 2.07 bits per heavy atom. The van der Waals surface area contributed by atoms with Crippen molar-refractivity contribution >= 4 is 11.8 Å². The number of amides is 2. The van der Waals surface area contributed by atoms with E-state index < -0.39 is 0 Å². The van der Waals surface area contributed by atoms with Gasteiger partial charge in [-0.3, -0.25) is 14.5 Å². The van der Waals surface area contributed by atoms with Crippen LogP contribution in [0.1, 0.15) is 40.0 Å². The summed E-state index contributed by atoms with van der Waals surface area (Å²) < 4.78 is 0. The van der Waals surface area contributed by atoms with Crippen molar-refractivity contribution in [3.63, 3.8) is 0 Å². The highest BCUT2D eigenvalue weighted by Gasteiger charge is 2.27. The molecule has 1 fully saturated rings. The molecular weight excluding hydrogens is 178 g/mol. The molecule has 1 rings (SSSR count). The Morgan fingerprint density at radius 3 is 2.50 bits per heavy atom. The third-order valence-corrected chi connectivity index (χ3v) is 3.01. The zero-order valence-corrected chi connectivity index (χ0v) is 9.25. The number of nitrogens with zero attached hydrogens (tertiary/aromatic N) is 1. The molecule has 3 nitrogen and oxygen atoms in total. The van der Waals surface area contributed by atoms with Crippen LogP contribution in [0, 0.1) is 11.8 Å². The van der Waals surface area contributed by atoms with E-state index in [1.165, 1.54) is 4.90 Å². The van der Waals surface area contributed by atoms with Crippen molar-refractivity contribution in [2.24, 2.45) is 11.8 Å². The van der Waals surface area contributed by atoms with Crippen molar-refractivity contribution in [1.29, 1.82) is 0 Å². The number of hydrogen-bond acceptors (Lipinski definition) is 2. The molecule has 0 N–H and O–H groups in total. The first-order valence-electron chi connectivity index (χ1n) is 5.35. The van der Waals surface area contributed by atoms with Crippen molar-refractivity contribution in [3.8, 4) is 0 Å². The van der Waals surface area contributed by atoms with Gasteiger partial charge in [-0.05, 0) is 18.3 Å². The first-order valence-corrected chi connectivity index (χ1v) is 5.35. The summed E-state index contributed by atoms with van der Waals surface area (Å²) in [7, 11) is 0. The number of likely N-dealkylation sites (tertiary alicyclic amines) is 1. The highest BCUT2D eigenvalue weighted by molar-refractivity contribution is 5.96. The molecule has 0 aliphatic carbocycles. The Balaban J connectivity index is 2.45. The van der Waals surface area contributed by atoms with E-state index >= 15 is 0 Å². The Bertz CT molecular complexity index is 235. The van der Waals surface area contributed by atoms with Crippen LogP contribution in [0.5, 0.6) is 0 Å². The van der Waals surface area contributed by atoms with Crippen molar-refractivity contribution < 1.29 is 9.59 Å². The van der Waals surface area contributed by atoms with Gasteiger partial charge in [-0.15, -0.1) is 0 Å². The highest BCUT2D eigenvalue weighted by Crippen LogP contribution is 2.18. The number of imide groups is 1. The molecule has 1 heterocycles. The van der Waals surface area contributed by atoms with Crippen LogP contribution in [0.4, 0.5) is 0 Å². The fourth-order valence-electron chi connectivity index (χ4n) is 1.53. The summed E-state index contributed by atoms with van der Waals surface area (Å²) in [5.41, 5.74) is 0. The van der Waals surface area contributed by atoms with E-state index in [0.29, 0.717) is 31.2 Å². The van der Waals surface area contributed by atoms with Crippen LogP contribution in [0.3, 0.4) is 0 Å². The summed E-state index contributed by atoms with van der Waals surface area (Å²) in [4.78, 5) is 24.4. The van der Waals surface area contributed by atoms with Crippen LogP contribution in [-0.4, -0.2) is 23.3 Å². The minimum absolute atomic E-state index is 0.00551. The van der Waals surface area contributed by atoms with Gasteiger partial charge in [0.05, 0.1) is 0 Å². The molecule has 1 aliphatic rings. The molecule has 1 atom stereocenters. The van der Waals surface area contributed by atoms with Gasteiger partial charge in [0.1, 0.15) is 0 Å². The number of carbonyl (C=O) groups is 2. The van der Waals surface area contributed by atoms with Gasteiger partial charge in [0.15, 0.2) is 0 Å². The molecule has 0 aromatic carbocycles. The van der Waals surface area contributed by atoms with Crippen LogP contribution < -0.4 is 0 Å². The molecule has 0 aromatic heterocycles. The Labute approximate surface area is 85.5 Å². The van der Waals surface area contributed by atoms with Crippen molar-refractivity contribution in [1.82, 2.24) is 4.90 Å². The van der Waals surface area contributed by atoms with Crippen LogP contribution in [0.25, 0.3) is 0 Å². The predicted molar refractivity (Wildman–Crippen MR) is 54.6 cm³/mol. The highest BCUT2D eigenvalue weighted by atomic mass is 16.2. The Hall–Kier alpha value is -0.860. The summed E-state index contributed by atoms with van der Waals surface area (Å²) in [6.45, 7) is 6.89. The van der Waals surface area contributed by atoms with E-state index in [0.717, 1.165) is 6.42 Å². The fraction of sp³-hybridized carbons (Fsp3) is 0.818. The van der Waals surface area contributed by atoms with Crippen LogP contribution in [0.15, 0.2) is 0 Å². The molecule has 1 saturated heterocycles. The van der Waals surface area contributed by atoms with E-state index in [4.69, 9.17) is 0 Å². The molecule has 3 heteroatoms. The molecule has 0 bridgehead atoms. The summed E-state index contributed by atoms with van der Waals surface area (Å²) in [5.74, 6) is 0.868. The van der Waals surface area contributed by atoms with Crippen LogP contribution in [-0.2, 0) is 9.59 Å². The normalized spacial score (nSPS) is 19.1. The SMILES string of the molecule is CC(C)C(C)CC(=O)N1CCCC1=O. The lowest BCUT2D eigenvalue weighted by molar-refractivity contribution is -0.142. The molecule has 1 unspecified atom stereocenters. The maximum absolute atomic E-state index is 11.7. The molecule has 80 valence electrons. The number of carbonyl (C=O) groups excluding carboxylic acids is 2. The van der Waals surface area contributed by atoms with Crippen molar-refractivity contribution in [2.45, 2.75) is 40.0 Å². The van der Waals surface area contributed by atoms with E-state index in [1.54, 1.807) is 0 Å². The second-order valence-corrected chi connectivity index (χ2v) is 4.47. The van der Waals surface area contributed by atoms with Gasteiger partial charge in [0.2, 0.25) is 11.8 Å². The topological polar surface area (TPSA) is 37.4 Å². The summed E-state index contributed by atoms with van der Waals surface area (Å²) in [6.07, 6.45) is 1.88. The quantitative estimate of drug-likeness (QED) is 0.692. The molecular formula is C11H19NO2. The van der Waals surface area contributed by atoms with E-state index in [-0.39, 0.29) is 11.8 Å². The van der Waals surface area contributed by atoms with Gasteiger partial charge < -0.3 is 0 Å². The average molecular weight is 197 g/mol.